The summed E-state index contributed by atoms with van der Waals surface area (Å²) in [5, 5.41) is 0. The van der Waals surface area contributed by atoms with Gasteiger partial charge in [0.25, 0.3) is 0 Å². The van der Waals surface area contributed by atoms with E-state index in [0.29, 0.717) is 17.4 Å². The van der Waals surface area contributed by atoms with Crippen molar-refractivity contribution >= 4 is 44.3 Å². The Hall–Kier alpha value is 0.310. The summed E-state index contributed by atoms with van der Waals surface area (Å²) in [5.74, 6) is 2.43. The van der Waals surface area contributed by atoms with Gasteiger partial charge in [0, 0.05) is 11.5 Å². The van der Waals surface area contributed by atoms with Gasteiger partial charge in [0.2, 0.25) is 0 Å². The van der Waals surface area contributed by atoms with Gasteiger partial charge in [-0.25, -0.2) is 8.42 Å². The van der Waals surface area contributed by atoms with Crippen LogP contribution in [0.3, 0.4) is 0 Å². The maximum absolute atomic E-state index is 10.2. The molecule has 7 heteroatoms. The Labute approximate surface area is 104 Å². The molecule has 0 amide bonds. The van der Waals surface area contributed by atoms with Crippen molar-refractivity contribution in [2.75, 3.05) is 23.0 Å². The Bertz CT molecular complexity index is 240. The molecule has 0 aliphatic heterocycles. The molecule has 0 saturated carbocycles. The number of hydrogen-bond acceptors (Lipinski definition) is 4. The van der Waals surface area contributed by atoms with Crippen LogP contribution in [-0.4, -0.2) is 36.0 Å². The normalized spacial score (nSPS) is 13.7. The van der Waals surface area contributed by atoms with Crippen molar-refractivity contribution in [1.29, 1.82) is 0 Å². The fourth-order valence-electron chi connectivity index (χ4n) is 0.569. The highest BCUT2D eigenvalue weighted by Gasteiger charge is 1.87. The number of rotatable bonds is 9. The van der Waals surface area contributed by atoms with Gasteiger partial charge in [-0.2, -0.15) is 0 Å². The maximum atomic E-state index is 10.2. The summed E-state index contributed by atoms with van der Waals surface area (Å²) in [6, 6.07) is 0. The predicted molar refractivity (Wildman–Crippen MR) is 71.8 cm³/mol. The molecule has 0 saturated heterocycles. The minimum Gasteiger partial charge on any atom is -0.306 e. The predicted octanol–water partition coefficient (Wildman–Crippen LogP) is 1.91. The highest BCUT2D eigenvalue weighted by atomic mass is 33.1. The summed E-state index contributed by atoms with van der Waals surface area (Å²) in [4.78, 5) is 0. The monoisotopic (exact) mass is 285 g/mol. The van der Waals surface area contributed by atoms with Crippen LogP contribution in [0.1, 0.15) is 0 Å². The molecule has 0 rings (SSSR count). The molecule has 0 spiro atoms. The minimum absolute atomic E-state index is 0.200. The van der Waals surface area contributed by atoms with Crippen molar-refractivity contribution in [3.63, 3.8) is 0 Å². The first-order chi connectivity index (χ1) is 7.27. The molecule has 0 aliphatic carbocycles. The summed E-state index contributed by atoms with van der Waals surface area (Å²) in [7, 11) is 3.37. The summed E-state index contributed by atoms with van der Waals surface area (Å²) in [6.45, 7) is 0. The van der Waals surface area contributed by atoms with Gasteiger partial charge in [0.05, 0.1) is 23.2 Å². The van der Waals surface area contributed by atoms with Crippen LogP contribution in [0.5, 0.6) is 0 Å². The quantitative estimate of drug-likeness (QED) is 0.303. The van der Waals surface area contributed by atoms with Crippen LogP contribution in [0.2, 0.25) is 0 Å². The average Bonchev–Trinajstić information content (AvgIpc) is 2.20. The van der Waals surface area contributed by atoms with E-state index in [9.17, 15) is 8.42 Å². The standard InChI is InChI=1S/C8H13O3S4/c9-12-5-1-2-6-13-14-7-3-4-8-15(10)11/h1-4H,5-8H2,(H,10,11)/b2-1-,4-3-. The van der Waals surface area contributed by atoms with Crippen molar-refractivity contribution in [1.82, 2.24) is 0 Å². The molecule has 15 heavy (non-hydrogen) atoms. The van der Waals surface area contributed by atoms with Crippen LogP contribution in [0, 0.1) is 0 Å². The van der Waals surface area contributed by atoms with Crippen LogP contribution >= 0.6 is 21.6 Å². The average molecular weight is 285 g/mol. The Morgan fingerprint density at radius 1 is 1.00 bits per heavy atom. The molecule has 0 aromatic heterocycles. The minimum atomic E-state index is -1.72. The zero-order valence-corrected chi connectivity index (χ0v) is 11.3. The molecule has 0 aromatic carbocycles. The van der Waals surface area contributed by atoms with E-state index in [2.05, 4.69) is 0 Å². The third kappa shape index (κ3) is 14.3. The first kappa shape index (κ1) is 15.3. The zero-order chi connectivity index (χ0) is 11.4. The second kappa shape index (κ2) is 12.4. The van der Waals surface area contributed by atoms with Crippen LogP contribution in [0.25, 0.3) is 0 Å². The first-order valence-electron chi connectivity index (χ1n) is 4.14. The Morgan fingerprint density at radius 2 is 1.53 bits per heavy atom. The molecule has 0 fully saturated rings. The molecule has 1 radical (unpaired) electrons. The zero-order valence-electron chi connectivity index (χ0n) is 8.03. The van der Waals surface area contributed by atoms with Gasteiger partial charge < -0.3 is 4.55 Å². The van der Waals surface area contributed by atoms with E-state index in [4.69, 9.17) is 4.55 Å². The molecule has 0 aromatic rings. The van der Waals surface area contributed by atoms with Gasteiger partial charge in [-0.3, -0.25) is 0 Å². The lowest BCUT2D eigenvalue weighted by Crippen LogP contribution is -1.89. The summed E-state index contributed by atoms with van der Waals surface area (Å²) in [5.41, 5.74) is 0. The molecule has 0 bridgehead atoms. The smallest absolute Gasteiger partial charge is 0.156 e. The SMILES string of the molecule is O=[S]C/C=C\CSSC/C=C\CS(=O)O. The first-order valence-corrected chi connectivity index (χ1v) is 8.81. The Balaban J connectivity index is 3.20. The van der Waals surface area contributed by atoms with E-state index in [-0.39, 0.29) is 5.75 Å². The topological polar surface area (TPSA) is 54.4 Å². The van der Waals surface area contributed by atoms with Gasteiger partial charge in [-0.05, 0) is 0 Å². The lowest BCUT2D eigenvalue weighted by atomic mass is 10.6. The molecule has 1 atom stereocenters. The third-order valence-corrected chi connectivity index (χ3v) is 4.09. The molecular weight excluding hydrogens is 272 g/mol. The van der Waals surface area contributed by atoms with Gasteiger partial charge in [-0.15, -0.1) is 0 Å². The van der Waals surface area contributed by atoms with E-state index < -0.39 is 11.1 Å². The lowest BCUT2D eigenvalue weighted by Gasteiger charge is -1.92. The number of hydrogen-bond donors (Lipinski definition) is 1. The van der Waals surface area contributed by atoms with Crippen LogP contribution in [-0.2, 0) is 22.7 Å². The Morgan fingerprint density at radius 3 is 2.07 bits per heavy atom. The summed E-state index contributed by atoms with van der Waals surface area (Å²) >= 11 is -1.16. The van der Waals surface area contributed by atoms with Crippen molar-refractivity contribution in [3.05, 3.63) is 24.3 Å². The maximum Gasteiger partial charge on any atom is 0.156 e. The molecule has 1 N–H and O–H groups in total. The fraction of sp³-hybridized carbons (Fsp3) is 0.500. The molecular formula is C8H13O3S4. The molecule has 1 unspecified atom stereocenters. The summed E-state index contributed by atoms with van der Waals surface area (Å²) in [6.07, 6.45) is 7.40. The molecule has 3 nitrogen and oxygen atoms in total. The highest BCUT2D eigenvalue weighted by molar-refractivity contribution is 8.76. The van der Waals surface area contributed by atoms with Gasteiger partial charge >= 0.3 is 0 Å². The molecule has 87 valence electrons. The summed E-state index contributed by atoms with van der Waals surface area (Å²) < 4.78 is 28.7. The fourth-order valence-corrected chi connectivity index (χ4v) is 2.75. The Kier molecular flexibility index (Phi) is 12.6. The lowest BCUT2D eigenvalue weighted by molar-refractivity contribution is 0.567. The largest absolute Gasteiger partial charge is 0.306 e. The molecule has 0 aliphatic rings. The van der Waals surface area contributed by atoms with Crippen molar-refractivity contribution in [2.24, 2.45) is 0 Å². The van der Waals surface area contributed by atoms with E-state index in [0.717, 1.165) is 11.5 Å². The van der Waals surface area contributed by atoms with Crippen molar-refractivity contribution in [2.45, 2.75) is 0 Å². The van der Waals surface area contributed by atoms with Crippen LogP contribution < -0.4 is 0 Å². The van der Waals surface area contributed by atoms with E-state index in [1.54, 1.807) is 27.7 Å². The second-order valence-corrected chi connectivity index (χ2v) is 6.38. The van der Waals surface area contributed by atoms with Gasteiger partial charge in [0.1, 0.15) is 0 Å². The molecule has 0 heterocycles. The van der Waals surface area contributed by atoms with Gasteiger partial charge in [-0.1, -0.05) is 45.9 Å². The van der Waals surface area contributed by atoms with Crippen molar-refractivity contribution < 1.29 is 13.0 Å². The van der Waals surface area contributed by atoms with Crippen molar-refractivity contribution in [3.8, 4) is 0 Å². The van der Waals surface area contributed by atoms with E-state index >= 15 is 0 Å². The van der Waals surface area contributed by atoms with Crippen LogP contribution in [0.4, 0.5) is 0 Å². The van der Waals surface area contributed by atoms with Gasteiger partial charge in [0.15, 0.2) is 11.1 Å². The van der Waals surface area contributed by atoms with E-state index in [1.807, 2.05) is 18.2 Å². The van der Waals surface area contributed by atoms with Crippen LogP contribution in [0.15, 0.2) is 24.3 Å². The van der Waals surface area contributed by atoms with E-state index in [1.165, 1.54) is 0 Å². The highest BCUT2D eigenvalue weighted by Crippen LogP contribution is 2.20. The third-order valence-electron chi connectivity index (χ3n) is 1.15. The second-order valence-electron chi connectivity index (χ2n) is 2.28.